The van der Waals surface area contributed by atoms with Gasteiger partial charge in [0.05, 0.1) is 0 Å². The van der Waals surface area contributed by atoms with Crippen molar-refractivity contribution in [1.82, 2.24) is 0 Å². The molecule has 6 heteroatoms. The van der Waals surface area contributed by atoms with Crippen molar-refractivity contribution in [3.8, 4) is 0 Å². The highest BCUT2D eigenvalue weighted by atomic mass is 16.6. The van der Waals surface area contributed by atoms with Crippen LogP contribution in [0.5, 0.6) is 0 Å². The molecule has 0 radical (unpaired) electrons. The molecule has 0 saturated heterocycles. The van der Waals surface area contributed by atoms with Crippen LogP contribution in [0.1, 0.15) is 278 Å². The summed E-state index contributed by atoms with van der Waals surface area (Å²) in [6.45, 7) is 6.36. The lowest BCUT2D eigenvalue weighted by Crippen LogP contribution is -2.30. The first kappa shape index (κ1) is 67.3. The van der Waals surface area contributed by atoms with Crippen molar-refractivity contribution < 1.29 is 28.6 Å². The molecule has 0 aromatic rings. The zero-order valence-electron chi connectivity index (χ0n) is 46.5. The average Bonchev–Trinajstić information content (AvgIpc) is 3.37. The van der Waals surface area contributed by atoms with E-state index in [0.717, 1.165) is 89.9 Å². The number of carbonyl (C=O) groups is 3. The first-order chi connectivity index (χ1) is 35.0. The molecule has 0 bridgehead atoms. The smallest absolute Gasteiger partial charge is 0.306 e. The second kappa shape index (κ2) is 58.9. The van der Waals surface area contributed by atoms with Crippen LogP contribution in [0.15, 0.2) is 97.2 Å². The summed E-state index contributed by atoms with van der Waals surface area (Å²) in [6.07, 6.45) is 78.5. The highest BCUT2D eigenvalue weighted by molar-refractivity contribution is 5.71. The Morgan fingerprint density at radius 2 is 0.577 bits per heavy atom. The van der Waals surface area contributed by atoms with Crippen LogP contribution in [0.4, 0.5) is 0 Å². The van der Waals surface area contributed by atoms with E-state index in [1.165, 1.54) is 141 Å². The van der Waals surface area contributed by atoms with E-state index in [1.54, 1.807) is 0 Å². The molecule has 406 valence electrons. The highest BCUT2D eigenvalue weighted by Crippen LogP contribution is 2.15. The van der Waals surface area contributed by atoms with E-state index in [4.69, 9.17) is 14.2 Å². The molecular formula is C65H110O6. The average molecular weight is 988 g/mol. The summed E-state index contributed by atoms with van der Waals surface area (Å²) < 4.78 is 16.8. The Bertz CT molecular complexity index is 1410. The van der Waals surface area contributed by atoms with Gasteiger partial charge in [-0.15, -0.1) is 0 Å². The maximum absolute atomic E-state index is 12.9. The number of hydrogen-bond donors (Lipinski definition) is 0. The lowest BCUT2D eigenvalue weighted by Gasteiger charge is -2.18. The molecule has 0 aliphatic rings. The van der Waals surface area contributed by atoms with Crippen LogP contribution in [0, 0.1) is 0 Å². The Labute approximate surface area is 438 Å². The van der Waals surface area contributed by atoms with Crippen molar-refractivity contribution in [2.24, 2.45) is 0 Å². The van der Waals surface area contributed by atoms with Gasteiger partial charge in [0.1, 0.15) is 13.2 Å². The standard InChI is InChI=1S/C65H110O6/c1-4-7-10-13-16-19-22-25-27-29-30-31-32-33-34-36-37-40-43-46-49-52-55-58-64(67)70-61-62(60-69-63(66)57-54-51-48-45-42-39-24-21-18-15-12-9-6-3)71-65(68)59-56-53-50-47-44-41-38-35-28-26-23-20-17-14-11-8-5-2/h8-9,11-12,17-18,20-21,26,28-30,39,42,48,51,62H,4-7,10,13-16,19,22-25,27,31-38,40-41,43-47,49-50,52-61H2,1-3H3/b11-8-,12-9-,20-17-,21-18-,28-26-,30-29-,42-39-,51-48-. The summed E-state index contributed by atoms with van der Waals surface area (Å²) in [7, 11) is 0. The summed E-state index contributed by atoms with van der Waals surface area (Å²) in [5, 5.41) is 0. The zero-order valence-corrected chi connectivity index (χ0v) is 46.5. The van der Waals surface area contributed by atoms with Crippen LogP contribution in [-0.4, -0.2) is 37.2 Å². The molecule has 1 unspecified atom stereocenters. The third-order valence-corrected chi connectivity index (χ3v) is 12.6. The van der Waals surface area contributed by atoms with E-state index in [-0.39, 0.29) is 37.5 Å². The SMILES string of the molecule is CC/C=C\C/C=C\C/C=C\C/C=C\CCC(=O)OCC(COC(=O)CCCCCCCCCCCCC/C=C\CCCCCCCCCC)OC(=O)CCCCCCCCC/C=C\C/C=C\C/C=C\CC. The van der Waals surface area contributed by atoms with Crippen LogP contribution in [-0.2, 0) is 28.6 Å². The molecular weight excluding hydrogens is 877 g/mol. The van der Waals surface area contributed by atoms with Crippen molar-refractivity contribution in [3.05, 3.63) is 97.2 Å². The third-order valence-electron chi connectivity index (χ3n) is 12.6. The normalized spacial score (nSPS) is 12.8. The van der Waals surface area contributed by atoms with E-state index in [9.17, 15) is 14.4 Å². The number of esters is 3. The second-order valence-electron chi connectivity index (χ2n) is 19.5. The Morgan fingerprint density at radius 3 is 0.958 bits per heavy atom. The van der Waals surface area contributed by atoms with Crippen molar-refractivity contribution in [3.63, 3.8) is 0 Å². The molecule has 0 aromatic carbocycles. The Morgan fingerprint density at radius 1 is 0.296 bits per heavy atom. The largest absolute Gasteiger partial charge is 0.462 e. The van der Waals surface area contributed by atoms with Crippen LogP contribution in [0.25, 0.3) is 0 Å². The number of carbonyl (C=O) groups excluding carboxylic acids is 3. The number of ether oxygens (including phenoxy) is 3. The van der Waals surface area contributed by atoms with Crippen LogP contribution in [0.2, 0.25) is 0 Å². The first-order valence-electron chi connectivity index (χ1n) is 29.7. The molecule has 6 nitrogen and oxygen atoms in total. The number of rotatable bonds is 53. The number of hydrogen-bond acceptors (Lipinski definition) is 6. The van der Waals surface area contributed by atoms with Crippen molar-refractivity contribution in [1.29, 1.82) is 0 Å². The highest BCUT2D eigenvalue weighted by Gasteiger charge is 2.19. The fourth-order valence-electron chi connectivity index (χ4n) is 8.17. The van der Waals surface area contributed by atoms with Gasteiger partial charge in [0, 0.05) is 19.3 Å². The fourth-order valence-corrected chi connectivity index (χ4v) is 8.17. The summed E-state index contributed by atoms with van der Waals surface area (Å²) in [5.41, 5.74) is 0. The molecule has 0 saturated carbocycles. The van der Waals surface area contributed by atoms with Gasteiger partial charge in [0.15, 0.2) is 6.10 Å². The van der Waals surface area contributed by atoms with Gasteiger partial charge in [0.2, 0.25) is 0 Å². The maximum atomic E-state index is 12.9. The summed E-state index contributed by atoms with van der Waals surface area (Å²) >= 11 is 0. The molecule has 0 amide bonds. The van der Waals surface area contributed by atoms with Crippen LogP contribution < -0.4 is 0 Å². The third kappa shape index (κ3) is 57.1. The first-order valence-corrected chi connectivity index (χ1v) is 29.7. The molecule has 0 fully saturated rings. The van der Waals surface area contributed by atoms with E-state index in [2.05, 4.69) is 112 Å². The van der Waals surface area contributed by atoms with Gasteiger partial charge in [-0.05, 0) is 103 Å². The quantitative estimate of drug-likeness (QED) is 0.0261. The van der Waals surface area contributed by atoms with Gasteiger partial charge in [-0.2, -0.15) is 0 Å². The van der Waals surface area contributed by atoms with Crippen LogP contribution in [0.3, 0.4) is 0 Å². The van der Waals surface area contributed by atoms with E-state index >= 15 is 0 Å². The fraction of sp³-hybridized carbons (Fsp3) is 0.708. The van der Waals surface area contributed by atoms with Crippen molar-refractivity contribution in [2.75, 3.05) is 13.2 Å². The molecule has 0 spiro atoms. The molecule has 0 rings (SSSR count). The van der Waals surface area contributed by atoms with Gasteiger partial charge >= 0.3 is 17.9 Å². The molecule has 0 aliphatic heterocycles. The lowest BCUT2D eigenvalue weighted by atomic mass is 10.0. The summed E-state index contributed by atoms with van der Waals surface area (Å²) in [4.78, 5) is 38.1. The topological polar surface area (TPSA) is 78.9 Å². The lowest BCUT2D eigenvalue weighted by molar-refractivity contribution is -0.166. The predicted octanol–water partition coefficient (Wildman–Crippen LogP) is 20.1. The predicted molar refractivity (Wildman–Crippen MR) is 307 cm³/mol. The van der Waals surface area contributed by atoms with Crippen molar-refractivity contribution >= 4 is 17.9 Å². The number of unbranched alkanes of at least 4 members (excludes halogenated alkanes) is 26. The van der Waals surface area contributed by atoms with E-state index in [0.29, 0.717) is 19.3 Å². The van der Waals surface area contributed by atoms with E-state index in [1.807, 2.05) is 6.08 Å². The molecule has 0 aliphatic carbocycles. The zero-order chi connectivity index (χ0) is 51.4. The summed E-state index contributed by atoms with van der Waals surface area (Å²) in [6, 6.07) is 0. The monoisotopic (exact) mass is 987 g/mol. The minimum atomic E-state index is -0.813. The van der Waals surface area contributed by atoms with E-state index < -0.39 is 6.10 Å². The van der Waals surface area contributed by atoms with Gasteiger partial charge < -0.3 is 14.2 Å². The molecule has 1 atom stereocenters. The Hall–Kier alpha value is -3.67. The Balaban J connectivity index is 4.37. The molecule has 71 heavy (non-hydrogen) atoms. The minimum absolute atomic E-state index is 0.104. The van der Waals surface area contributed by atoms with Gasteiger partial charge in [-0.1, -0.05) is 253 Å². The summed E-state index contributed by atoms with van der Waals surface area (Å²) in [5.74, 6) is -0.996. The molecule has 0 heterocycles. The molecule has 0 aromatic heterocycles. The van der Waals surface area contributed by atoms with Gasteiger partial charge in [-0.3, -0.25) is 14.4 Å². The van der Waals surface area contributed by atoms with Crippen molar-refractivity contribution in [2.45, 2.75) is 284 Å². The second-order valence-corrected chi connectivity index (χ2v) is 19.5. The Kier molecular flexibility index (Phi) is 55.9. The molecule has 0 N–H and O–H groups in total. The van der Waals surface area contributed by atoms with Gasteiger partial charge in [-0.25, -0.2) is 0 Å². The van der Waals surface area contributed by atoms with Gasteiger partial charge in [0.25, 0.3) is 0 Å². The maximum Gasteiger partial charge on any atom is 0.306 e. The minimum Gasteiger partial charge on any atom is -0.462 e. The number of allylic oxidation sites excluding steroid dienone is 16. The van der Waals surface area contributed by atoms with Crippen LogP contribution >= 0.6 is 0 Å².